The number of amides is 3. The van der Waals surface area contributed by atoms with Gasteiger partial charge in [-0.3, -0.25) is 9.59 Å². The Morgan fingerprint density at radius 2 is 1.64 bits per heavy atom. The van der Waals surface area contributed by atoms with Crippen molar-refractivity contribution in [2.45, 2.75) is 71.7 Å². The molecule has 2 atom stereocenters. The number of carbonyl (C=O) groups excluding carboxylic acids is 3. The van der Waals surface area contributed by atoms with Crippen LogP contribution in [-0.4, -0.2) is 56.8 Å². The molecule has 0 aromatic heterocycles. The quantitative estimate of drug-likeness (QED) is 0.458. The molecule has 0 aliphatic rings. The van der Waals surface area contributed by atoms with Crippen LogP contribution in [0.1, 0.15) is 58.7 Å². The van der Waals surface area contributed by atoms with Gasteiger partial charge in [0.1, 0.15) is 23.4 Å². The van der Waals surface area contributed by atoms with E-state index in [9.17, 15) is 24.6 Å². The molecule has 0 radical (unpaired) electrons. The Hall–Kier alpha value is -3.59. The van der Waals surface area contributed by atoms with E-state index in [0.29, 0.717) is 11.3 Å². The Kier molecular flexibility index (Phi) is 9.10. The number of phenols is 1. The zero-order valence-corrected chi connectivity index (χ0v) is 22.0. The maximum Gasteiger partial charge on any atom is 0.408 e. The SMILES string of the molecule is Cc1ccccc1NC(=O)C(c1cccc(O)c1)N(C(=O)C(CO)NC(=O)OC(C)(C)C)C(C)(C)C. The zero-order valence-electron chi connectivity index (χ0n) is 22.0. The second kappa shape index (κ2) is 11.4. The summed E-state index contributed by atoms with van der Waals surface area (Å²) >= 11 is 0. The van der Waals surface area contributed by atoms with Crippen molar-refractivity contribution in [3.05, 3.63) is 59.7 Å². The molecule has 9 nitrogen and oxygen atoms in total. The second-order valence-corrected chi connectivity index (χ2v) is 10.6. The number of aliphatic hydroxyl groups excluding tert-OH is 1. The molecule has 0 saturated carbocycles. The first-order valence-electron chi connectivity index (χ1n) is 11.7. The van der Waals surface area contributed by atoms with E-state index in [1.165, 1.54) is 17.0 Å². The van der Waals surface area contributed by atoms with Crippen LogP contribution in [0, 0.1) is 6.92 Å². The number of hydrogen-bond acceptors (Lipinski definition) is 6. The van der Waals surface area contributed by atoms with Gasteiger partial charge >= 0.3 is 6.09 Å². The molecule has 9 heteroatoms. The number of nitrogens with one attached hydrogen (secondary N) is 2. The van der Waals surface area contributed by atoms with Crippen molar-refractivity contribution in [1.82, 2.24) is 10.2 Å². The maximum absolute atomic E-state index is 13.8. The van der Waals surface area contributed by atoms with Gasteiger partial charge in [-0.2, -0.15) is 0 Å². The fourth-order valence-corrected chi connectivity index (χ4v) is 3.68. The van der Waals surface area contributed by atoms with Crippen LogP contribution < -0.4 is 10.6 Å². The van der Waals surface area contributed by atoms with E-state index in [4.69, 9.17) is 4.74 Å². The Morgan fingerprint density at radius 3 is 2.17 bits per heavy atom. The molecule has 36 heavy (non-hydrogen) atoms. The fourth-order valence-electron chi connectivity index (χ4n) is 3.68. The van der Waals surface area contributed by atoms with Gasteiger partial charge in [0, 0.05) is 11.2 Å². The first-order valence-corrected chi connectivity index (χ1v) is 11.7. The van der Waals surface area contributed by atoms with E-state index >= 15 is 0 Å². The summed E-state index contributed by atoms with van der Waals surface area (Å²) in [5, 5.41) is 25.4. The van der Waals surface area contributed by atoms with Crippen LogP contribution >= 0.6 is 0 Å². The molecule has 0 bridgehead atoms. The van der Waals surface area contributed by atoms with Crippen molar-refractivity contribution in [1.29, 1.82) is 0 Å². The summed E-state index contributed by atoms with van der Waals surface area (Å²) < 4.78 is 5.24. The third-order valence-corrected chi connectivity index (χ3v) is 5.23. The smallest absolute Gasteiger partial charge is 0.408 e. The van der Waals surface area contributed by atoms with Crippen molar-refractivity contribution in [3.8, 4) is 5.75 Å². The Labute approximate surface area is 212 Å². The number of rotatable bonds is 7. The molecule has 0 aliphatic carbocycles. The molecule has 3 amide bonds. The highest BCUT2D eigenvalue weighted by atomic mass is 16.6. The van der Waals surface area contributed by atoms with Gasteiger partial charge < -0.3 is 30.5 Å². The molecule has 2 unspecified atom stereocenters. The number of benzene rings is 2. The van der Waals surface area contributed by atoms with Crippen LogP contribution in [0.5, 0.6) is 5.75 Å². The molecule has 0 fully saturated rings. The molecule has 0 saturated heterocycles. The minimum Gasteiger partial charge on any atom is -0.508 e. The van der Waals surface area contributed by atoms with Crippen LogP contribution in [0.3, 0.4) is 0 Å². The maximum atomic E-state index is 13.8. The Balaban J connectivity index is 2.54. The Bertz CT molecular complexity index is 1090. The minimum atomic E-state index is -1.37. The number of aliphatic hydroxyl groups is 1. The van der Waals surface area contributed by atoms with Gasteiger partial charge in [-0.25, -0.2) is 4.79 Å². The molecule has 196 valence electrons. The molecule has 0 aliphatic heterocycles. The number of anilines is 1. The van der Waals surface area contributed by atoms with E-state index < -0.39 is 47.7 Å². The van der Waals surface area contributed by atoms with Gasteiger partial charge in [0.15, 0.2) is 0 Å². The average molecular weight is 500 g/mol. The standard InChI is InChI=1S/C27H37N3O6/c1-17-11-8-9-14-20(17)28-23(33)22(18-12-10-13-19(32)15-18)30(26(2,3)4)24(34)21(16-31)29-25(35)36-27(5,6)7/h8-15,21-22,31-32H,16H2,1-7H3,(H,28,33)(H,29,35). The molecule has 2 aromatic rings. The highest BCUT2D eigenvalue weighted by Gasteiger charge is 2.42. The van der Waals surface area contributed by atoms with Crippen molar-refractivity contribution < 1.29 is 29.3 Å². The lowest BCUT2D eigenvalue weighted by Gasteiger charge is -2.42. The van der Waals surface area contributed by atoms with Crippen LogP contribution in [0.15, 0.2) is 48.5 Å². The fraction of sp³-hybridized carbons (Fsp3) is 0.444. The number of para-hydroxylation sites is 1. The summed E-state index contributed by atoms with van der Waals surface area (Å²) in [5.74, 6) is -1.29. The summed E-state index contributed by atoms with van der Waals surface area (Å²) in [6, 6.07) is 10.7. The van der Waals surface area contributed by atoms with E-state index in [1.807, 2.05) is 19.1 Å². The number of carbonyl (C=O) groups is 3. The summed E-state index contributed by atoms with van der Waals surface area (Å²) in [5.41, 5.74) is 0.0140. The number of aromatic hydroxyl groups is 1. The molecule has 0 spiro atoms. The van der Waals surface area contributed by atoms with E-state index in [-0.39, 0.29) is 5.75 Å². The molecule has 0 heterocycles. The van der Waals surface area contributed by atoms with Crippen molar-refractivity contribution in [2.75, 3.05) is 11.9 Å². The average Bonchev–Trinajstić information content (AvgIpc) is 2.74. The normalized spacial score (nSPS) is 13.3. The number of nitrogens with zero attached hydrogens (tertiary/aromatic N) is 1. The Morgan fingerprint density at radius 1 is 1.00 bits per heavy atom. The van der Waals surface area contributed by atoms with Crippen LogP contribution in [0.2, 0.25) is 0 Å². The van der Waals surface area contributed by atoms with Crippen molar-refractivity contribution in [2.24, 2.45) is 0 Å². The number of ether oxygens (including phenoxy) is 1. The summed E-state index contributed by atoms with van der Waals surface area (Å²) in [4.78, 5) is 41.2. The molecular weight excluding hydrogens is 462 g/mol. The second-order valence-electron chi connectivity index (χ2n) is 10.6. The van der Waals surface area contributed by atoms with Crippen LogP contribution in [0.4, 0.5) is 10.5 Å². The third kappa shape index (κ3) is 7.71. The van der Waals surface area contributed by atoms with Gasteiger partial charge in [0.2, 0.25) is 5.91 Å². The minimum absolute atomic E-state index is 0.0758. The van der Waals surface area contributed by atoms with Gasteiger partial charge in [-0.05, 0) is 77.8 Å². The van der Waals surface area contributed by atoms with Gasteiger partial charge in [0.05, 0.1) is 6.61 Å². The first kappa shape index (κ1) is 28.6. The summed E-state index contributed by atoms with van der Waals surface area (Å²) in [6.45, 7) is 11.4. The lowest BCUT2D eigenvalue weighted by Crippen LogP contribution is -2.59. The van der Waals surface area contributed by atoms with Gasteiger partial charge in [-0.15, -0.1) is 0 Å². The molecule has 2 aromatic carbocycles. The summed E-state index contributed by atoms with van der Waals surface area (Å²) in [6.07, 6.45) is -0.873. The number of hydrogen-bond donors (Lipinski definition) is 4. The predicted molar refractivity (Wildman–Crippen MR) is 137 cm³/mol. The molecule has 4 N–H and O–H groups in total. The third-order valence-electron chi connectivity index (χ3n) is 5.23. The highest BCUT2D eigenvalue weighted by molar-refractivity contribution is 5.99. The molecule has 2 rings (SSSR count). The lowest BCUT2D eigenvalue weighted by molar-refractivity contribution is -0.147. The predicted octanol–water partition coefficient (Wildman–Crippen LogP) is 3.89. The van der Waals surface area contributed by atoms with Crippen molar-refractivity contribution in [3.63, 3.8) is 0 Å². The zero-order chi connectivity index (χ0) is 27.3. The summed E-state index contributed by atoms with van der Waals surface area (Å²) in [7, 11) is 0. The van der Waals surface area contributed by atoms with E-state index in [0.717, 1.165) is 5.56 Å². The number of phenolic OH excluding ortho intramolecular Hbond substituents is 1. The monoisotopic (exact) mass is 499 g/mol. The van der Waals surface area contributed by atoms with Crippen LogP contribution in [-0.2, 0) is 14.3 Å². The number of alkyl carbamates (subject to hydrolysis) is 1. The topological polar surface area (TPSA) is 128 Å². The lowest BCUT2D eigenvalue weighted by atomic mass is 9.95. The van der Waals surface area contributed by atoms with Gasteiger partial charge in [0.25, 0.3) is 5.91 Å². The molecular formula is C27H37N3O6. The van der Waals surface area contributed by atoms with Crippen LogP contribution in [0.25, 0.3) is 0 Å². The van der Waals surface area contributed by atoms with E-state index in [1.54, 1.807) is 65.8 Å². The van der Waals surface area contributed by atoms with Gasteiger partial charge in [-0.1, -0.05) is 30.3 Å². The highest BCUT2D eigenvalue weighted by Crippen LogP contribution is 2.32. The number of aryl methyl sites for hydroxylation is 1. The van der Waals surface area contributed by atoms with E-state index in [2.05, 4.69) is 10.6 Å². The first-order chi connectivity index (χ1) is 16.6. The van der Waals surface area contributed by atoms with Crippen molar-refractivity contribution >= 4 is 23.6 Å². The largest absolute Gasteiger partial charge is 0.508 e.